The number of phenolic OH excluding ortho intramolecular Hbond substituents is 1. The lowest BCUT2D eigenvalue weighted by Crippen LogP contribution is -2.33. The Morgan fingerprint density at radius 3 is 2.75 bits per heavy atom. The third-order valence-electron chi connectivity index (χ3n) is 2.93. The number of ether oxygens (including phenoxy) is 1. The molecule has 0 aliphatic carbocycles. The average molecular weight is 497 g/mol. The predicted octanol–water partition coefficient (Wildman–Crippen LogP) is 3.60. The minimum atomic E-state index is -1.15. The fourth-order valence-corrected chi connectivity index (χ4v) is 3.99. The Kier molecular flexibility index (Phi) is 6.29. The van der Waals surface area contributed by atoms with Crippen LogP contribution in [-0.4, -0.2) is 44.5 Å². The lowest BCUT2D eigenvalue weighted by molar-refractivity contribution is -0.140. The van der Waals surface area contributed by atoms with Gasteiger partial charge in [0.15, 0.2) is 11.5 Å². The first-order valence-electron chi connectivity index (χ1n) is 6.57. The summed E-state index contributed by atoms with van der Waals surface area (Å²) in [6, 6.07) is 1.61. The molecule has 2 N–H and O–H groups in total. The number of phenols is 1. The van der Waals surface area contributed by atoms with E-state index in [0.717, 1.165) is 16.7 Å². The number of hydrogen-bond donors (Lipinski definition) is 2. The normalized spacial score (nSPS) is 16.1. The summed E-state index contributed by atoms with van der Waals surface area (Å²) < 4.78 is 6.69. The first-order valence-corrected chi connectivity index (χ1v) is 9.38. The SMILES string of the molecule is CCOc1cc(Br)c(Br)c(/C=C2/SC(=S)N(CC(=O)O)C2=O)c1O. The number of aliphatic carboxylic acids is 1. The lowest BCUT2D eigenvalue weighted by Gasteiger charge is -2.12. The second-order valence-electron chi connectivity index (χ2n) is 4.53. The molecule has 1 aliphatic rings. The van der Waals surface area contributed by atoms with Crippen LogP contribution < -0.4 is 4.74 Å². The van der Waals surface area contributed by atoms with Crippen LogP contribution in [0.15, 0.2) is 19.9 Å². The highest BCUT2D eigenvalue weighted by Gasteiger charge is 2.34. The molecule has 0 unspecified atom stereocenters. The molecule has 1 aliphatic heterocycles. The van der Waals surface area contributed by atoms with Crippen LogP contribution in [0.4, 0.5) is 0 Å². The van der Waals surface area contributed by atoms with Gasteiger partial charge in [0.05, 0.1) is 11.5 Å². The lowest BCUT2D eigenvalue weighted by atomic mass is 10.1. The molecule has 0 radical (unpaired) electrons. The zero-order valence-corrected chi connectivity index (χ0v) is 17.0. The fourth-order valence-electron chi connectivity index (χ4n) is 1.91. The number of carbonyl (C=O) groups is 2. The average Bonchev–Trinajstić information content (AvgIpc) is 2.76. The van der Waals surface area contributed by atoms with Crippen LogP contribution in [0, 0.1) is 0 Å². The number of nitrogens with zero attached hydrogens (tertiary/aromatic N) is 1. The fraction of sp³-hybridized carbons (Fsp3) is 0.214. The number of aromatic hydroxyl groups is 1. The molecular formula is C14H11Br2NO5S2. The number of amides is 1. The van der Waals surface area contributed by atoms with Crippen LogP contribution in [0.2, 0.25) is 0 Å². The molecule has 0 bridgehead atoms. The van der Waals surface area contributed by atoms with Crippen LogP contribution in [0.1, 0.15) is 12.5 Å². The van der Waals surface area contributed by atoms with E-state index in [-0.39, 0.29) is 20.7 Å². The summed E-state index contributed by atoms with van der Waals surface area (Å²) in [5, 5.41) is 19.2. The molecular weight excluding hydrogens is 486 g/mol. The topological polar surface area (TPSA) is 87.1 Å². The van der Waals surface area contributed by atoms with E-state index in [4.69, 9.17) is 22.1 Å². The molecule has 10 heteroatoms. The second-order valence-corrected chi connectivity index (χ2v) is 7.85. The van der Waals surface area contributed by atoms with Crippen LogP contribution >= 0.6 is 55.8 Å². The quantitative estimate of drug-likeness (QED) is 0.475. The maximum absolute atomic E-state index is 12.3. The first kappa shape index (κ1) is 19.2. The summed E-state index contributed by atoms with van der Waals surface area (Å²) in [6.07, 6.45) is 1.45. The van der Waals surface area contributed by atoms with Crippen molar-refractivity contribution in [3.05, 3.63) is 25.5 Å². The van der Waals surface area contributed by atoms with E-state index in [0.29, 0.717) is 21.1 Å². The molecule has 1 amide bonds. The van der Waals surface area contributed by atoms with E-state index in [2.05, 4.69) is 31.9 Å². The number of carboxylic acid groups (broad SMARTS) is 1. The standard InChI is InChI=1S/C14H11Br2NO5S2/c1-2-22-8-4-7(15)11(16)6(12(8)20)3-9-13(21)17(5-10(18)19)14(23)24-9/h3-4,20H,2,5H2,1H3,(H,18,19)/b9-3+. The molecule has 1 saturated heterocycles. The van der Waals surface area contributed by atoms with E-state index in [9.17, 15) is 14.7 Å². The molecule has 1 fully saturated rings. The van der Waals surface area contributed by atoms with Crippen LogP contribution in [0.3, 0.4) is 0 Å². The summed E-state index contributed by atoms with van der Waals surface area (Å²) >= 11 is 12.7. The Morgan fingerprint density at radius 1 is 1.50 bits per heavy atom. The summed E-state index contributed by atoms with van der Waals surface area (Å²) in [5.74, 6) is -1.54. The van der Waals surface area contributed by atoms with Gasteiger partial charge < -0.3 is 14.9 Å². The Bertz CT molecular complexity index is 766. The number of thiocarbonyl (C=S) groups is 1. The molecule has 1 aromatic rings. The minimum Gasteiger partial charge on any atom is -0.504 e. The van der Waals surface area contributed by atoms with Gasteiger partial charge in [0.1, 0.15) is 10.9 Å². The van der Waals surface area contributed by atoms with Gasteiger partial charge in [0, 0.05) is 14.5 Å². The zero-order valence-electron chi connectivity index (χ0n) is 12.2. The van der Waals surface area contributed by atoms with Gasteiger partial charge in [0.25, 0.3) is 5.91 Å². The smallest absolute Gasteiger partial charge is 0.323 e. The highest BCUT2D eigenvalue weighted by molar-refractivity contribution is 9.13. The predicted molar refractivity (Wildman–Crippen MR) is 102 cm³/mol. The van der Waals surface area contributed by atoms with Crippen LogP contribution in [0.25, 0.3) is 6.08 Å². The van der Waals surface area contributed by atoms with Crippen molar-refractivity contribution in [2.24, 2.45) is 0 Å². The van der Waals surface area contributed by atoms with E-state index in [1.165, 1.54) is 6.08 Å². The Hall–Kier alpha value is -1.10. The van der Waals surface area contributed by atoms with Crippen molar-refractivity contribution in [3.63, 3.8) is 0 Å². The minimum absolute atomic E-state index is 0.129. The molecule has 128 valence electrons. The van der Waals surface area contributed by atoms with Gasteiger partial charge >= 0.3 is 5.97 Å². The van der Waals surface area contributed by atoms with Gasteiger partial charge in [0.2, 0.25) is 0 Å². The highest BCUT2D eigenvalue weighted by Crippen LogP contribution is 2.43. The van der Waals surface area contributed by atoms with Crippen molar-refractivity contribution >= 4 is 78.1 Å². The molecule has 0 saturated carbocycles. The molecule has 1 heterocycles. The van der Waals surface area contributed by atoms with Gasteiger partial charge in [-0.2, -0.15) is 0 Å². The number of benzene rings is 1. The van der Waals surface area contributed by atoms with Crippen molar-refractivity contribution in [1.29, 1.82) is 0 Å². The van der Waals surface area contributed by atoms with Crippen molar-refractivity contribution in [1.82, 2.24) is 4.90 Å². The van der Waals surface area contributed by atoms with Crippen LogP contribution in [0.5, 0.6) is 11.5 Å². The maximum Gasteiger partial charge on any atom is 0.323 e. The number of carboxylic acids is 1. The van der Waals surface area contributed by atoms with E-state index >= 15 is 0 Å². The van der Waals surface area contributed by atoms with Crippen molar-refractivity contribution < 1.29 is 24.5 Å². The third-order valence-corrected chi connectivity index (χ3v) is 6.32. The highest BCUT2D eigenvalue weighted by atomic mass is 79.9. The zero-order chi connectivity index (χ0) is 18.0. The van der Waals surface area contributed by atoms with Gasteiger partial charge in [-0.15, -0.1) is 0 Å². The molecule has 0 aromatic heterocycles. The van der Waals surface area contributed by atoms with Gasteiger partial charge in [-0.1, -0.05) is 24.0 Å². The Balaban J connectivity index is 2.46. The monoisotopic (exact) mass is 495 g/mol. The summed E-state index contributed by atoms with van der Waals surface area (Å²) in [4.78, 5) is 24.4. The summed E-state index contributed by atoms with van der Waals surface area (Å²) in [5.41, 5.74) is 0.337. The van der Waals surface area contributed by atoms with Crippen LogP contribution in [-0.2, 0) is 9.59 Å². The van der Waals surface area contributed by atoms with Crippen molar-refractivity contribution in [2.75, 3.05) is 13.2 Å². The van der Waals surface area contributed by atoms with Gasteiger partial charge in [-0.25, -0.2) is 0 Å². The second kappa shape index (κ2) is 7.85. The number of halogens is 2. The van der Waals surface area contributed by atoms with E-state index < -0.39 is 18.4 Å². The largest absolute Gasteiger partial charge is 0.504 e. The van der Waals surface area contributed by atoms with E-state index in [1.807, 2.05) is 0 Å². The Morgan fingerprint density at radius 2 is 2.17 bits per heavy atom. The molecule has 1 aromatic carbocycles. The van der Waals surface area contributed by atoms with Crippen molar-refractivity contribution in [2.45, 2.75) is 6.92 Å². The van der Waals surface area contributed by atoms with Gasteiger partial charge in [-0.05, 0) is 50.9 Å². The third kappa shape index (κ3) is 3.93. The van der Waals surface area contributed by atoms with Crippen molar-refractivity contribution in [3.8, 4) is 11.5 Å². The summed E-state index contributed by atoms with van der Waals surface area (Å²) in [6.45, 7) is 1.64. The summed E-state index contributed by atoms with van der Waals surface area (Å²) in [7, 11) is 0. The number of carbonyl (C=O) groups excluding carboxylic acids is 1. The molecule has 0 spiro atoms. The van der Waals surface area contributed by atoms with Gasteiger partial charge in [-0.3, -0.25) is 14.5 Å². The number of rotatable bonds is 5. The number of hydrogen-bond acceptors (Lipinski definition) is 6. The molecule has 6 nitrogen and oxygen atoms in total. The number of thioether (sulfide) groups is 1. The maximum atomic E-state index is 12.3. The molecule has 0 atom stereocenters. The molecule has 2 rings (SSSR count). The van der Waals surface area contributed by atoms with E-state index in [1.54, 1.807) is 13.0 Å². The Labute approximate surface area is 164 Å². The first-order chi connectivity index (χ1) is 11.3. The molecule has 24 heavy (non-hydrogen) atoms.